The van der Waals surface area contributed by atoms with E-state index in [2.05, 4.69) is 21.8 Å². The fourth-order valence-electron chi connectivity index (χ4n) is 6.20. The SMILES string of the molecule is C=CC(=O)N1C[C@H](C)N(C(=NC=O)c2cc(Cl)c(-c3ccc(F)cc3F)c3c2N[C@H](CCCN2CCOCC2)CO3)C[C@H]1C. The highest BCUT2D eigenvalue weighted by Crippen LogP contribution is 2.47. The number of benzene rings is 2. The number of carbonyl (C=O) groups excluding carboxylic acids is 2. The molecule has 0 aromatic heterocycles. The van der Waals surface area contributed by atoms with Gasteiger partial charge in [0.05, 0.1) is 30.0 Å². The monoisotopic (exact) mass is 629 g/mol. The van der Waals surface area contributed by atoms with Gasteiger partial charge in [0.15, 0.2) is 5.75 Å². The van der Waals surface area contributed by atoms with Gasteiger partial charge in [-0.15, -0.1) is 0 Å². The number of nitrogens with zero attached hydrogens (tertiary/aromatic N) is 4. The molecule has 0 aliphatic carbocycles. The molecule has 0 bridgehead atoms. The first kappa shape index (κ1) is 31.9. The van der Waals surface area contributed by atoms with Crippen molar-refractivity contribution in [3.8, 4) is 16.9 Å². The second-order valence-corrected chi connectivity index (χ2v) is 11.9. The number of hydrogen-bond donors (Lipinski definition) is 1. The summed E-state index contributed by atoms with van der Waals surface area (Å²) in [5.41, 5.74) is 1.43. The molecule has 2 aromatic rings. The summed E-state index contributed by atoms with van der Waals surface area (Å²) in [4.78, 5) is 34.8. The van der Waals surface area contributed by atoms with Crippen LogP contribution in [0, 0.1) is 11.6 Å². The molecule has 2 amide bonds. The predicted octanol–water partition coefficient (Wildman–Crippen LogP) is 4.58. The summed E-state index contributed by atoms with van der Waals surface area (Å²) < 4.78 is 40.7. The summed E-state index contributed by atoms with van der Waals surface area (Å²) >= 11 is 6.84. The van der Waals surface area contributed by atoms with Crippen LogP contribution in [0.3, 0.4) is 0 Å². The van der Waals surface area contributed by atoms with Gasteiger partial charge in [-0.25, -0.2) is 8.78 Å². The van der Waals surface area contributed by atoms with Crippen molar-refractivity contribution in [1.29, 1.82) is 0 Å². The molecule has 236 valence electrons. The number of amidine groups is 1. The van der Waals surface area contributed by atoms with E-state index >= 15 is 4.39 Å². The molecule has 0 saturated carbocycles. The first-order valence-electron chi connectivity index (χ1n) is 14.9. The quantitative estimate of drug-likeness (QED) is 0.198. The van der Waals surface area contributed by atoms with Crippen LogP contribution in [0.5, 0.6) is 5.75 Å². The standard InChI is InChI=1S/C32H38ClF2N5O4/c1-4-28(42)39-16-21(3)40(17-20(39)2)32(36-19-41)25-15-26(33)29(24-8-7-22(34)14-27(24)35)31-30(25)37-23(18-44-31)6-5-9-38-10-12-43-13-11-38/h4,7-8,14-15,19-21,23,37H,1,5-6,9-13,16-18H2,2-3H3/t20-,21+,23-/m1/s1. The fourth-order valence-corrected chi connectivity index (χ4v) is 6.50. The Hall–Kier alpha value is -3.54. The summed E-state index contributed by atoms with van der Waals surface area (Å²) in [5.74, 6) is -0.976. The van der Waals surface area contributed by atoms with Crippen molar-refractivity contribution >= 4 is 35.4 Å². The van der Waals surface area contributed by atoms with E-state index < -0.39 is 11.6 Å². The van der Waals surface area contributed by atoms with E-state index in [1.165, 1.54) is 18.2 Å². The van der Waals surface area contributed by atoms with E-state index in [1.807, 2.05) is 18.7 Å². The van der Waals surface area contributed by atoms with Gasteiger partial charge in [0, 0.05) is 61.0 Å². The van der Waals surface area contributed by atoms with Gasteiger partial charge in [-0.2, -0.15) is 4.99 Å². The fraction of sp³-hybridized carbons (Fsp3) is 0.469. The molecule has 2 fully saturated rings. The highest BCUT2D eigenvalue weighted by Gasteiger charge is 2.36. The first-order valence-corrected chi connectivity index (χ1v) is 15.3. The Balaban J connectivity index is 1.52. The van der Waals surface area contributed by atoms with Crippen molar-refractivity contribution in [2.24, 2.45) is 4.99 Å². The van der Waals surface area contributed by atoms with Crippen LogP contribution in [-0.2, 0) is 14.3 Å². The average molecular weight is 630 g/mol. The van der Waals surface area contributed by atoms with Crippen LogP contribution < -0.4 is 10.1 Å². The normalized spacial score (nSPS) is 22.6. The number of morpholine rings is 1. The van der Waals surface area contributed by atoms with Crippen molar-refractivity contribution in [2.45, 2.75) is 44.8 Å². The third kappa shape index (κ3) is 6.74. The van der Waals surface area contributed by atoms with Crippen molar-refractivity contribution in [2.75, 3.05) is 57.9 Å². The van der Waals surface area contributed by atoms with Crippen LogP contribution in [0.4, 0.5) is 14.5 Å². The van der Waals surface area contributed by atoms with Crippen LogP contribution in [-0.4, -0.2) is 104 Å². The third-order valence-corrected chi connectivity index (χ3v) is 8.77. The van der Waals surface area contributed by atoms with E-state index in [4.69, 9.17) is 21.1 Å². The van der Waals surface area contributed by atoms with Gasteiger partial charge in [0.25, 0.3) is 0 Å². The number of ether oxygens (including phenoxy) is 2. The minimum absolute atomic E-state index is 0.0785. The van der Waals surface area contributed by atoms with Gasteiger partial charge in [0.2, 0.25) is 12.3 Å². The van der Waals surface area contributed by atoms with E-state index in [9.17, 15) is 14.0 Å². The highest BCUT2D eigenvalue weighted by molar-refractivity contribution is 6.35. The molecule has 12 heteroatoms. The Morgan fingerprint density at radius 1 is 1.16 bits per heavy atom. The molecule has 3 aliphatic heterocycles. The van der Waals surface area contributed by atoms with Gasteiger partial charge < -0.3 is 24.6 Å². The van der Waals surface area contributed by atoms with Gasteiger partial charge in [-0.1, -0.05) is 18.2 Å². The lowest BCUT2D eigenvalue weighted by Crippen LogP contribution is -2.59. The number of piperazine rings is 1. The van der Waals surface area contributed by atoms with Gasteiger partial charge in [-0.3, -0.25) is 14.5 Å². The zero-order valence-corrected chi connectivity index (χ0v) is 25.8. The van der Waals surface area contributed by atoms with E-state index in [-0.39, 0.29) is 40.2 Å². The lowest BCUT2D eigenvalue weighted by molar-refractivity contribution is -0.130. The van der Waals surface area contributed by atoms with E-state index in [1.54, 1.807) is 11.0 Å². The number of anilines is 1. The molecule has 5 rings (SSSR count). The minimum atomic E-state index is -0.773. The number of carbonyl (C=O) groups is 2. The van der Waals surface area contributed by atoms with E-state index in [0.717, 1.165) is 51.8 Å². The molecule has 3 heterocycles. The Morgan fingerprint density at radius 3 is 2.59 bits per heavy atom. The largest absolute Gasteiger partial charge is 0.489 e. The molecule has 1 N–H and O–H groups in total. The van der Waals surface area contributed by atoms with Crippen LogP contribution >= 0.6 is 11.6 Å². The number of aliphatic imine (C=N–C) groups is 1. The number of halogens is 3. The van der Waals surface area contributed by atoms with Gasteiger partial charge >= 0.3 is 0 Å². The first-order chi connectivity index (χ1) is 21.2. The van der Waals surface area contributed by atoms with Gasteiger partial charge in [-0.05, 0) is 57.5 Å². The summed E-state index contributed by atoms with van der Waals surface area (Å²) in [5, 5.41) is 3.75. The number of rotatable bonds is 8. The number of hydrogen-bond acceptors (Lipinski definition) is 6. The molecule has 44 heavy (non-hydrogen) atoms. The number of amides is 2. The predicted molar refractivity (Wildman–Crippen MR) is 166 cm³/mol. The zero-order chi connectivity index (χ0) is 31.4. The second-order valence-electron chi connectivity index (χ2n) is 11.5. The maximum absolute atomic E-state index is 15.1. The van der Waals surface area contributed by atoms with E-state index in [0.29, 0.717) is 48.9 Å². The molecule has 3 atom stereocenters. The van der Waals surface area contributed by atoms with Gasteiger partial charge in [0.1, 0.15) is 24.1 Å². The Kier molecular flexibility index (Phi) is 10.2. The molecule has 9 nitrogen and oxygen atoms in total. The molecule has 0 radical (unpaired) electrons. The summed E-state index contributed by atoms with van der Waals surface area (Å²) in [6.07, 6.45) is 3.49. The van der Waals surface area contributed by atoms with Crippen molar-refractivity contribution in [1.82, 2.24) is 14.7 Å². The number of nitrogens with one attached hydrogen (secondary N) is 1. The maximum Gasteiger partial charge on any atom is 0.246 e. The molecular weight excluding hydrogens is 592 g/mol. The molecule has 0 spiro atoms. The summed E-state index contributed by atoms with van der Waals surface area (Å²) in [6.45, 7) is 12.8. The topological polar surface area (TPSA) is 86.7 Å². The summed E-state index contributed by atoms with van der Waals surface area (Å²) in [6, 6.07) is 4.49. The van der Waals surface area contributed by atoms with Crippen LogP contribution in [0.25, 0.3) is 11.1 Å². The minimum Gasteiger partial charge on any atom is -0.489 e. The number of fused-ring (bicyclic) bond motifs is 1. The summed E-state index contributed by atoms with van der Waals surface area (Å²) in [7, 11) is 0. The molecule has 0 unspecified atom stereocenters. The highest BCUT2D eigenvalue weighted by atomic mass is 35.5. The molecule has 2 aromatic carbocycles. The third-order valence-electron chi connectivity index (χ3n) is 8.47. The van der Waals surface area contributed by atoms with Crippen molar-refractivity contribution in [3.63, 3.8) is 0 Å². The molecule has 2 saturated heterocycles. The van der Waals surface area contributed by atoms with Crippen molar-refractivity contribution < 1.29 is 27.8 Å². The smallest absolute Gasteiger partial charge is 0.246 e. The molecule has 3 aliphatic rings. The molecular formula is C32H38ClF2N5O4. The Labute approximate surface area is 261 Å². The van der Waals surface area contributed by atoms with Crippen molar-refractivity contribution in [3.05, 3.63) is 59.1 Å². The van der Waals surface area contributed by atoms with Crippen LogP contribution in [0.1, 0.15) is 32.3 Å². The maximum atomic E-state index is 15.1. The van der Waals surface area contributed by atoms with Crippen LogP contribution in [0.2, 0.25) is 5.02 Å². The zero-order valence-electron chi connectivity index (χ0n) is 25.0. The Morgan fingerprint density at radius 2 is 1.89 bits per heavy atom. The van der Waals surface area contributed by atoms with Crippen LogP contribution in [0.15, 0.2) is 41.9 Å². The lowest BCUT2D eigenvalue weighted by atomic mass is 9.96. The average Bonchev–Trinajstić information content (AvgIpc) is 3.01. The second kappa shape index (κ2) is 14.0. The lowest BCUT2D eigenvalue weighted by Gasteiger charge is -2.45. The Bertz CT molecular complexity index is 1430.